The number of carbonyl (C=O) groups excluding carboxylic acids is 1. The molecule has 0 N–H and O–H groups in total. The van der Waals surface area contributed by atoms with E-state index in [2.05, 4.69) is 27.5 Å². The second-order valence-electron chi connectivity index (χ2n) is 7.97. The van der Waals surface area contributed by atoms with Gasteiger partial charge in [-0.15, -0.1) is 0 Å². The van der Waals surface area contributed by atoms with E-state index in [4.69, 9.17) is 4.74 Å². The zero-order valence-electron chi connectivity index (χ0n) is 17.0. The number of hydrogen-bond donors (Lipinski definition) is 0. The van der Waals surface area contributed by atoms with E-state index in [1.165, 1.54) is 12.1 Å². The highest BCUT2D eigenvalue weighted by Gasteiger charge is 2.21. The minimum Gasteiger partial charge on any atom is -0.459 e. The summed E-state index contributed by atoms with van der Waals surface area (Å²) < 4.78 is 5.73. The number of esters is 1. The first-order chi connectivity index (χ1) is 13.6. The maximum atomic E-state index is 12.4. The van der Waals surface area contributed by atoms with Crippen molar-refractivity contribution < 1.29 is 14.5 Å². The van der Waals surface area contributed by atoms with Crippen molar-refractivity contribution in [2.24, 2.45) is 0 Å². The van der Waals surface area contributed by atoms with Gasteiger partial charge in [0.25, 0.3) is 5.69 Å². The molecule has 2 aromatic rings. The molecule has 0 radical (unpaired) electrons. The standard InChI is InChI=1S/C22H27IN2O4/c1-22(2,3)29-21(26)16-24(14-18-7-5-4-6-8-18)15-19(23)13-17-9-11-20(12-10-17)25(27)28/h4-12,19H,13-16H2,1-3H3/t19-/m1/s1. The van der Waals surface area contributed by atoms with E-state index in [0.29, 0.717) is 13.1 Å². The lowest BCUT2D eigenvalue weighted by Crippen LogP contribution is -2.38. The minimum absolute atomic E-state index is 0.0920. The van der Waals surface area contributed by atoms with E-state index < -0.39 is 10.5 Å². The molecule has 29 heavy (non-hydrogen) atoms. The average molecular weight is 510 g/mol. The third-order valence-corrected chi connectivity index (χ3v) is 4.92. The van der Waals surface area contributed by atoms with Crippen molar-refractivity contribution in [1.29, 1.82) is 0 Å². The summed E-state index contributed by atoms with van der Waals surface area (Å²) in [6.45, 7) is 7.16. The molecule has 2 rings (SSSR count). The van der Waals surface area contributed by atoms with Gasteiger partial charge in [0.15, 0.2) is 0 Å². The monoisotopic (exact) mass is 510 g/mol. The summed E-state index contributed by atoms with van der Waals surface area (Å²) in [7, 11) is 0. The van der Waals surface area contributed by atoms with Gasteiger partial charge in [0, 0.05) is 29.1 Å². The lowest BCUT2D eigenvalue weighted by molar-refractivity contribution is -0.384. The molecule has 0 spiro atoms. The van der Waals surface area contributed by atoms with Crippen LogP contribution in [0.4, 0.5) is 5.69 Å². The Hall–Kier alpha value is -2.00. The average Bonchev–Trinajstić information content (AvgIpc) is 2.61. The molecule has 6 nitrogen and oxygen atoms in total. The molecule has 0 saturated carbocycles. The molecule has 0 aliphatic heterocycles. The van der Waals surface area contributed by atoms with Crippen molar-refractivity contribution in [2.45, 2.75) is 43.3 Å². The van der Waals surface area contributed by atoms with Crippen molar-refractivity contribution in [2.75, 3.05) is 13.1 Å². The topological polar surface area (TPSA) is 72.7 Å². The fourth-order valence-corrected chi connectivity index (χ4v) is 4.00. The van der Waals surface area contributed by atoms with Gasteiger partial charge in [0.05, 0.1) is 11.5 Å². The van der Waals surface area contributed by atoms with Crippen LogP contribution < -0.4 is 0 Å². The van der Waals surface area contributed by atoms with Gasteiger partial charge in [-0.2, -0.15) is 0 Å². The predicted molar refractivity (Wildman–Crippen MR) is 122 cm³/mol. The quantitative estimate of drug-likeness (QED) is 0.160. The fourth-order valence-electron chi connectivity index (χ4n) is 2.94. The van der Waals surface area contributed by atoms with Gasteiger partial charge < -0.3 is 4.74 Å². The highest BCUT2D eigenvalue weighted by Crippen LogP contribution is 2.18. The maximum Gasteiger partial charge on any atom is 0.320 e. The van der Waals surface area contributed by atoms with E-state index in [9.17, 15) is 14.9 Å². The zero-order chi connectivity index (χ0) is 21.4. The van der Waals surface area contributed by atoms with E-state index in [1.54, 1.807) is 12.1 Å². The van der Waals surface area contributed by atoms with E-state index >= 15 is 0 Å². The van der Waals surface area contributed by atoms with Crippen molar-refractivity contribution in [1.82, 2.24) is 4.90 Å². The first kappa shape index (κ1) is 23.3. The Labute approximate surface area is 185 Å². The number of non-ortho nitro benzene ring substituents is 1. The smallest absolute Gasteiger partial charge is 0.320 e. The van der Waals surface area contributed by atoms with E-state index in [-0.39, 0.29) is 22.1 Å². The molecule has 1 atom stereocenters. The number of ether oxygens (including phenoxy) is 1. The summed E-state index contributed by atoms with van der Waals surface area (Å²) in [5, 5.41) is 10.8. The Morgan fingerprint density at radius 2 is 1.72 bits per heavy atom. The number of nitrogens with zero attached hydrogens (tertiary/aromatic N) is 2. The van der Waals surface area contributed by atoms with Crippen LogP contribution in [0.1, 0.15) is 31.9 Å². The van der Waals surface area contributed by atoms with Crippen molar-refractivity contribution in [3.63, 3.8) is 0 Å². The number of carbonyl (C=O) groups is 1. The second kappa shape index (κ2) is 10.7. The Kier molecular flexibility index (Phi) is 8.58. The molecule has 0 fully saturated rings. The summed E-state index contributed by atoms with van der Waals surface area (Å²) >= 11 is 2.37. The zero-order valence-corrected chi connectivity index (χ0v) is 19.2. The molecular formula is C22H27IN2O4. The summed E-state index contributed by atoms with van der Waals surface area (Å²) in [5.41, 5.74) is 1.74. The lowest BCUT2D eigenvalue weighted by atomic mass is 10.1. The SMILES string of the molecule is CC(C)(C)OC(=O)CN(Cc1ccccc1)C[C@H](I)Cc1ccc([N+](=O)[O-])cc1. The van der Waals surface area contributed by atoms with Crippen LogP contribution in [0.2, 0.25) is 0 Å². The van der Waals surface area contributed by atoms with Crippen LogP contribution in [0, 0.1) is 10.1 Å². The van der Waals surface area contributed by atoms with Crippen LogP contribution >= 0.6 is 22.6 Å². The van der Waals surface area contributed by atoms with Crippen LogP contribution in [-0.2, 0) is 22.5 Å². The van der Waals surface area contributed by atoms with Crippen LogP contribution in [0.25, 0.3) is 0 Å². The van der Waals surface area contributed by atoms with Gasteiger partial charge in [0.2, 0.25) is 0 Å². The van der Waals surface area contributed by atoms with Crippen LogP contribution in [0.15, 0.2) is 54.6 Å². The number of benzene rings is 2. The molecule has 156 valence electrons. The largest absolute Gasteiger partial charge is 0.459 e. The maximum absolute atomic E-state index is 12.4. The molecule has 0 aromatic heterocycles. The number of rotatable bonds is 9. The van der Waals surface area contributed by atoms with Gasteiger partial charge in [0.1, 0.15) is 5.60 Å². The van der Waals surface area contributed by atoms with Gasteiger partial charge in [-0.05, 0) is 38.3 Å². The Morgan fingerprint density at radius 1 is 1.10 bits per heavy atom. The van der Waals surface area contributed by atoms with Crippen LogP contribution in [0.3, 0.4) is 0 Å². The van der Waals surface area contributed by atoms with Gasteiger partial charge >= 0.3 is 5.97 Å². The first-order valence-electron chi connectivity index (χ1n) is 9.48. The first-order valence-corrected chi connectivity index (χ1v) is 10.7. The third-order valence-electron chi connectivity index (χ3n) is 4.08. The third kappa shape index (κ3) is 8.91. The fraction of sp³-hybridized carbons (Fsp3) is 0.409. The van der Waals surface area contributed by atoms with Gasteiger partial charge in [-0.3, -0.25) is 19.8 Å². The molecule has 0 aliphatic rings. The Morgan fingerprint density at radius 3 is 2.28 bits per heavy atom. The van der Waals surface area contributed by atoms with E-state index in [0.717, 1.165) is 17.5 Å². The minimum atomic E-state index is -0.516. The molecule has 7 heteroatoms. The number of hydrogen-bond acceptors (Lipinski definition) is 5. The molecule has 0 aliphatic carbocycles. The molecule has 2 aromatic carbocycles. The van der Waals surface area contributed by atoms with Crippen LogP contribution in [0.5, 0.6) is 0 Å². The molecular weight excluding hydrogens is 483 g/mol. The summed E-state index contributed by atoms with van der Waals surface area (Å²) in [6.07, 6.45) is 0.762. The Balaban J connectivity index is 2.02. The van der Waals surface area contributed by atoms with Crippen molar-refractivity contribution >= 4 is 34.2 Å². The number of alkyl halides is 1. The van der Waals surface area contributed by atoms with Crippen molar-refractivity contribution in [3.8, 4) is 0 Å². The molecule has 0 saturated heterocycles. The molecule has 0 bridgehead atoms. The van der Waals surface area contributed by atoms with Gasteiger partial charge in [-0.1, -0.05) is 65.1 Å². The second-order valence-corrected chi connectivity index (χ2v) is 9.73. The number of nitro benzene ring substituents is 1. The predicted octanol–water partition coefficient (Wildman–Crippen LogP) is 4.78. The highest BCUT2D eigenvalue weighted by molar-refractivity contribution is 14.1. The number of nitro groups is 1. The van der Waals surface area contributed by atoms with E-state index in [1.807, 2.05) is 51.1 Å². The van der Waals surface area contributed by atoms with Gasteiger partial charge in [-0.25, -0.2) is 0 Å². The summed E-state index contributed by atoms with van der Waals surface area (Å²) in [6, 6.07) is 16.7. The summed E-state index contributed by atoms with van der Waals surface area (Å²) in [4.78, 5) is 24.9. The molecule has 0 unspecified atom stereocenters. The number of halogens is 1. The molecule has 0 heterocycles. The Bertz CT molecular complexity index is 804. The summed E-state index contributed by atoms with van der Waals surface area (Å²) in [5.74, 6) is -0.243. The normalized spacial score (nSPS) is 12.6. The van der Waals surface area contributed by atoms with Crippen LogP contribution in [-0.4, -0.2) is 38.4 Å². The highest BCUT2D eigenvalue weighted by atomic mass is 127. The van der Waals surface area contributed by atoms with Crippen molar-refractivity contribution in [3.05, 3.63) is 75.8 Å². The molecule has 0 amide bonds. The lowest BCUT2D eigenvalue weighted by Gasteiger charge is -2.27.